The Balaban J connectivity index is 1.95. The van der Waals surface area contributed by atoms with Gasteiger partial charge in [0.05, 0.1) is 0 Å². The molecule has 0 spiro atoms. The average Bonchev–Trinajstić information content (AvgIpc) is 2.80. The smallest absolute Gasteiger partial charge is 0.123 e. The summed E-state index contributed by atoms with van der Waals surface area (Å²) in [6.07, 6.45) is 7.09. The maximum absolute atomic E-state index is 10.3. The van der Waals surface area contributed by atoms with E-state index in [2.05, 4.69) is 17.4 Å². The highest BCUT2D eigenvalue weighted by Crippen LogP contribution is 2.37. The Morgan fingerprint density at radius 1 is 1.12 bits per heavy atom. The summed E-state index contributed by atoms with van der Waals surface area (Å²) in [5.74, 6) is 0.578. The molecule has 0 radical (unpaired) electrons. The Bertz CT molecular complexity index is 394. The average molecular weight is 217 g/mol. The van der Waals surface area contributed by atoms with E-state index in [4.69, 9.17) is 0 Å². The Morgan fingerprint density at radius 3 is 2.88 bits per heavy atom. The summed E-state index contributed by atoms with van der Waals surface area (Å²) in [7, 11) is 0. The molecular formula is C14H19NO. The number of phenols is 1. The maximum Gasteiger partial charge on any atom is 0.123 e. The molecule has 1 heterocycles. The van der Waals surface area contributed by atoms with Crippen molar-refractivity contribution in [2.75, 3.05) is 6.54 Å². The number of phenolic OH excluding ortho intramolecular Hbond substituents is 1. The highest BCUT2D eigenvalue weighted by atomic mass is 16.3. The molecule has 1 atom stereocenters. The van der Waals surface area contributed by atoms with Crippen LogP contribution >= 0.6 is 0 Å². The lowest BCUT2D eigenvalue weighted by molar-refractivity contribution is 0.389. The molecule has 0 amide bonds. The predicted molar refractivity (Wildman–Crippen MR) is 64.7 cm³/mol. The fourth-order valence-electron chi connectivity index (χ4n) is 3.06. The second kappa shape index (κ2) is 4.10. The van der Waals surface area contributed by atoms with Gasteiger partial charge >= 0.3 is 0 Å². The van der Waals surface area contributed by atoms with E-state index < -0.39 is 0 Å². The van der Waals surface area contributed by atoms with Crippen LogP contribution in [-0.4, -0.2) is 11.7 Å². The molecule has 86 valence electrons. The monoisotopic (exact) mass is 217 g/mol. The molecule has 0 bridgehead atoms. The first-order valence-electron chi connectivity index (χ1n) is 6.43. The van der Waals surface area contributed by atoms with Gasteiger partial charge in [0.25, 0.3) is 0 Å². The van der Waals surface area contributed by atoms with Crippen molar-refractivity contribution >= 4 is 0 Å². The SMILES string of the molecule is Oc1c(C2CCCCN2)ccc2c1CCC2. The minimum Gasteiger partial charge on any atom is -0.507 e. The highest BCUT2D eigenvalue weighted by molar-refractivity contribution is 5.49. The van der Waals surface area contributed by atoms with Gasteiger partial charge in [-0.2, -0.15) is 0 Å². The van der Waals surface area contributed by atoms with Crippen molar-refractivity contribution in [3.05, 3.63) is 28.8 Å². The molecule has 2 N–H and O–H groups in total. The first-order valence-corrected chi connectivity index (χ1v) is 6.43. The summed E-state index contributed by atoms with van der Waals surface area (Å²) in [6.45, 7) is 1.08. The van der Waals surface area contributed by atoms with Gasteiger partial charge in [0, 0.05) is 11.6 Å². The molecule has 1 aliphatic heterocycles. The van der Waals surface area contributed by atoms with Crippen LogP contribution in [0.3, 0.4) is 0 Å². The van der Waals surface area contributed by atoms with Crippen LogP contribution in [0.5, 0.6) is 5.75 Å². The molecule has 2 aliphatic rings. The van der Waals surface area contributed by atoms with Gasteiger partial charge in [-0.1, -0.05) is 18.6 Å². The van der Waals surface area contributed by atoms with Crippen molar-refractivity contribution in [3.8, 4) is 5.75 Å². The fourth-order valence-corrected chi connectivity index (χ4v) is 3.06. The molecule has 1 aromatic carbocycles. The molecule has 1 unspecified atom stereocenters. The first kappa shape index (κ1) is 10.2. The topological polar surface area (TPSA) is 32.3 Å². The van der Waals surface area contributed by atoms with Gasteiger partial charge in [0.1, 0.15) is 5.75 Å². The summed E-state index contributed by atoms with van der Waals surface area (Å²) >= 11 is 0. The molecule has 0 saturated carbocycles. The summed E-state index contributed by atoms with van der Waals surface area (Å²) in [6, 6.07) is 4.72. The number of aryl methyl sites for hydroxylation is 1. The van der Waals surface area contributed by atoms with E-state index in [-0.39, 0.29) is 0 Å². The number of rotatable bonds is 1. The molecule has 2 heteroatoms. The minimum absolute atomic E-state index is 0.375. The lowest BCUT2D eigenvalue weighted by atomic mass is 9.94. The van der Waals surface area contributed by atoms with Crippen LogP contribution in [0.1, 0.15) is 48.4 Å². The number of hydrogen-bond acceptors (Lipinski definition) is 2. The van der Waals surface area contributed by atoms with Crippen molar-refractivity contribution < 1.29 is 5.11 Å². The highest BCUT2D eigenvalue weighted by Gasteiger charge is 2.22. The van der Waals surface area contributed by atoms with Crippen molar-refractivity contribution in [1.29, 1.82) is 0 Å². The van der Waals surface area contributed by atoms with Gasteiger partial charge in [-0.25, -0.2) is 0 Å². The van der Waals surface area contributed by atoms with Gasteiger partial charge in [-0.05, 0) is 49.8 Å². The van der Waals surface area contributed by atoms with E-state index >= 15 is 0 Å². The minimum atomic E-state index is 0.375. The lowest BCUT2D eigenvalue weighted by Gasteiger charge is -2.25. The Labute approximate surface area is 96.7 Å². The van der Waals surface area contributed by atoms with E-state index in [1.165, 1.54) is 30.4 Å². The second-order valence-corrected chi connectivity index (χ2v) is 5.00. The standard InChI is InChI=1S/C14H19NO/c16-14-11-5-3-4-10(11)7-8-12(14)13-6-1-2-9-15-13/h7-8,13,15-16H,1-6,9H2. The molecule has 1 aliphatic carbocycles. The van der Waals surface area contributed by atoms with Gasteiger partial charge in [0.15, 0.2) is 0 Å². The van der Waals surface area contributed by atoms with Crippen LogP contribution < -0.4 is 5.32 Å². The van der Waals surface area contributed by atoms with Crippen LogP contribution in [-0.2, 0) is 12.8 Å². The quantitative estimate of drug-likeness (QED) is 0.758. The van der Waals surface area contributed by atoms with Gasteiger partial charge < -0.3 is 10.4 Å². The second-order valence-electron chi connectivity index (χ2n) is 5.00. The zero-order chi connectivity index (χ0) is 11.0. The van der Waals surface area contributed by atoms with Crippen molar-refractivity contribution in [2.45, 2.75) is 44.6 Å². The van der Waals surface area contributed by atoms with Gasteiger partial charge in [-0.15, -0.1) is 0 Å². The number of aromatic hydroxyl groups is 1. The Hall–Kier alpha value is -1.02. The zero-order valence-corrected chi connectivity index (χ0v) is 9.63. The van der Waals surface area contributed by atoms with E-state index in [0.717, 1.165) is 31.4 Å². The van der Waals surface area contributed by atoms with Crippen molar-refractivity contribution in [1.82, 2.24) is 5.32 Å². The van der Waals surface area contributed by atoms with Crippen LogP contribution in [0.4, 0.5) is 0 Å². The zero-order valence-electron chi connectivity index (χ0n) is 9.63. The molecule has 16 heavy (non-hydrogen) atoms. The van der Waals surface area contributed by atoms with Crippen LogP contribution in [0.25, 0.3) is 0 Å². The lowest BCUT2D eigenvalue weighted by Crippen LogP contribution is -2.26. The molecule has 1 saturated heterocycles. The molecular weight excluding hydrogens is 198 g/mol. The summed E-state index contributed by atoms with van der Waals surface area (Å²) in [5.41, 5.74) is 3.70. The maximum atomic E-state index is 10.3. The molecule has 1 aromatic rings. The van der Waals surface area contributed by atoms with Crippen LogP contribution in [0, 0.1) is 0 Å². The third-order valence-corrected chi connectivity index (χ3v) is 3.97. The Morgan fingerprint density at radius 2 is 2.06 bits per heavy atom. The van der Waals surface area contributed by atoms with E-state index in [1.807, 2.05) is 0 Å². The third kappa shape index (κ3) is 1.61. The number of benzene rings is 1. The fraction of sp³-hybridized carbons (Fsp3) is 0.571. The number of hydrogen-bond donors (Lipinski definition) is 2. The Kier molecular flexibility index (Phi) is 2.60. The third-order valence-electron chi connectivity index (χ3n) is 3.97. The van der Waals surface area contributed by atoms with Crippen LogP contribution in [0.2, 0.25) is 0 Å². The summed E-state index contributed by atoms with van der Waals surface area (Å²) < 4.78 is 0. The molecule has 3 rings (SSSR count). The van der Waals surface area contributed by atoms with E-state index in [1.54, 1.807) is 0 Å². The van der Waals surface area contributed by atoms with E-state index in [9.17, 15) is 5.11 Å². The largest absolute Gasteiger partial charge is 0.507 e. The molecule has 2 nitrogen and oxygen atoms in total. The van der Waals surface area contributed by atoms with Crippen molar-refractivity contribution in [3.63, 3.8) is 0 Å². The summed E-state index contributed by atoms with van der Waals surface area (Å²) in [5, 5.41) is 13.8. The number of fused-ring (bicyclic) bond motifs is 1. The van der Waals surface area contributed by atoms with Crippen LogP contribution in [0.15, 0.2) is 12.1 Å². The van der Waals surface area contributed by atoms with Gasteiger partial charge in [-0.3, -0.25) is 0 Å². The first-order chi connectivity index (χ1) is 7.86. The van der Waals surface area contributed by atoms with Crippen molar-refractivity contribution in [2.24, 2.45) is 0 Å². The van der Waals surface area contributed by atoms with E-state index in [0.29, 0.717) is 11.8 Å². The number of nitrogens with one attached hydrogen (secondary N) is 1. The normalized spacial score (nSPS) is 24.4. The molecule has 0 aromatic heterocycles. The summed E-state index contributed by atoms with van der Waals surface area (Å²) in [4.78, 5) is 0. The van der Waals surface area contributed by atoms with Gasteiger partial charge in [0.2, 0.25) is 0 Å². The molecule has 1 fully saturated rings. The predicted octanol–water partition coefficient (Wildman–Crippen LogP) is 2.70. The number of piperidine rings is 1.